The van der Waals surface area contributed by atoms with Crippen LogP contribution in [0.15, 0.2) is 0 Å². The Kier molecular flexibility index (Phi) is 10.7. The molecule has 5 nitrogen and oxygen atoms in total. The lowest BCUT2D eigenvalue weighted by molar-refractivity contribution is -0.149. The second kappa shape index (κ2) is 11.1. The Balaban J connectivity index is 3.76. The van der Waals surface area contributed by atoms with Gasteiger partial charge in [-0.1, -0.05) is 20.3 Å². The normalized spacial score (nSPS) is 14.0. The summed E-state index contributed by atoms with van der Waals surface area (Å²) in [6, 6.07) is 0. The van der Waals surface area contributed by atoms with Gasteiger partial charge in [-0.25, -0.2) is 4.79 Å². The molecule has 2 unspecified atom stereocenters. The third-order valence-corrected chi connectivity index (χ3v) is 3.82. The Hall–Kier alpha value is -0.750. The number of carboxylic acid groups (broad SMARTS) is 2. The molecule has 0 aliphatic rings. The van der Waals surface area contributed by atoms with Gasteiger partial charge < -0.3 is 14.9 Å². The Morgan fingerprint density at radius 3 is 2.42 bits per heavy atom. The predicted octanol–water partition coefficient (Wildman–Crippen LogP) is 2.49. The lowest BCUT2D eigenvalue weighted by atomic mass is 10.1. The summed E-state index contributed by atoms with van der Waals surface area (Å²) in [7, 11) is 0. The lowest BCUT2D eigenvalue weighted by Gasteiger charge is -2.13. The number of rotatable bonds is 12. The highest BCUT2D eigenvalue weighted by Gasteiger charge is 2.18. The van der Waals surface area contributed by atoms with Crippen LogP contribution in [0.3, 0.4) is 0 Å². The van der Waals surface area contributed by atoms with Gasteiger partial charge in [0.05, 0.1) is 5.92 Å². The highest BCUT2D eigenvalue weighted by atomic mass is 32.2. The molecule has 0 aliphatic heterocycles. The summed E-state index contributed by atoms with van der Waals surface area (Å²) in [5.74, 6) is -0.797. The number of aliphatic carboxylic acids is 2. The summed E-state index contributed by atoms with van der Waals surface area (Å²) < 4.78 is 5.30. The van der Waals surface area contributed by atoms with Crippen LogP contribution in [0.4, 0.5) is 0 Å². The summed E-state index contributed by atoms with van der Waals surface area (Å²) in [5, 5.41) is 17.7. The van der Waals surface area contributed by atoms with Crippen LogP contribution in [0.5, 0.6) is 0 Å². The monoisotopic (exact) mass is 292 g/mol. The van der Waals surface area contributed by atoms with Gasteiger partial charge in [0.1, 0.15) is 0 Å². The Morgan fingerprint density at radius 2 is 1.89 bits per heavy atom. The van der Waals surface area contributed by atoms with E-state index in [-0.39, 0.29) is 0 Å². The average molecular weight is 292 g/mol. The Labute approximate surface area is 118 Å². The zero-order valence-corrected chi connectivity index (χ0v) is 12.4. The molecule has 0 saturated carbocycles. The molecule has 0 aromatic carbocycles. The molecule has 0 spiro atoms. The summed E-state index contributed by atoms with van der Waals surface area (Å²) >= 11 is 1.58. The van der Waals surface area contributed by atoms with E-state index in [1.54, 1.807) is 18.7 Å². The third kappa shape index (κ3) is 9.78. The smallest absolute Gasteiger partial charge is 0.333 e. The highest BCUT2D eigenvalue weighted by Crippen LogP contribution is 2.11. The fraction of sp³-hybridized carbons (Fsp3) is 0.846. The van der Waals surface area contributed by atoms with Gasteiger partial charge in [-0.3, -0.25) is 4.79 Å². The van der Waals surface area contributed by atoms with Crippen LogP contribution in [-0.4, -0.2) is 46.4 Å². The number of hydrogen-bond acceptors (Lipinski definition) is 4. The minimum atomic E-state index is -0.949. The molecule has 0 heterocycles. The minimum Gasteiger partial charge on any atom is -0.481 e. The first kappa shape index (κ1) is 18.2. The fourth-order valence-corrected chi connectivity index (χ4v) is 2.48. The van der Waals surface area contributed by atoms with E-state index >= 15 is 0 Å². The van der Waals surface area contributed by atoms with E-state index in [0.29, 0.717) is 25.2 Å². The van der Waals surface area contributed by atoms with Crippen molar-refractivity contribution in [1.29, 1.82) is 0 Å². The topological polar surface area (TPSA) is 83.8 Å². The van der Waals surface area contributed by atoms with Gasteiger partial charge >= 0.3 is 11.9 Å². The molecule has 0 fully saturated rings. The van der Waals surface area contributed by atoms with Gasteiger partial charge in [0.15, 0.2) is 6.10 Å². The molecule has 0 aromatic heterocycles. The van der Waals surface area contributed by atoms with Gasteiger partial charge in [0.25, 0.3) is 0 Å². The van der Waals surface area contributed by atoms with Crippen LogP contribution >= 0.6 is 11.8 Å². The highest BCUT2D eigenvalue weighted by molar-refractivity contribution is 7.99. The van der Waals surface area contributed by atoms with Crippen molar-refractivity contribution in [1.82, 2.24) is 0 Å². The second-order valence-electron chi connectivity index (χ2n) is 4.51. The number of hydrogen-bond donors (Lipinski definition) is 2. The molecule has 0 bridgehead atoms. The first-order chi connectivity index (χ1) is 8.99. The molecular formula is C13H24O5S. The van der Waals surface area contributed by atoms with Crippen LogP contribution < -0.4 is 0 Å². The fourth-order valence-electron chi connectivity index (χ4n) is 1.37. The number of ether oxygens (including phenoxy) is 1. The van der Waals surface area contributed by atoms with E-state index in [4.69, 9.17) is 14.9 Å². The molecule has 6 heteroatoms. The second-order valence-corrected chi connectivity index (χ2v) is 5.66. The summed E-state index contributed by atoms with van der Waals surface area (Å²) in [4.78, 5) is 21.6. The maximum absolute atomic E-state index is 11.0. The third-order valence-electron chi connectivity index (χ3n) is 2.71. The van der Waals surface area contributed by atoms with Crippen LogP contribution in [-0.2, 0) is 14.3 Å². The molecule has 0 radical (unpaired) electrons. The Morgan fingerprint density at radius 1 is 1.21 bits per heavy atom. The largest absolute Gasteiger partial charge is 0.481 e. The van der Waals surface area contributed by atoms with Crippen molar-refractivity contribution in [2.75, 3.05) is 18.1 Å². The van der Waals surface area contributed by atoms with Crippen molar-refractivity contribution >= 4 is 23.7 Å². The predicted molar refractivity (Wildman–Crippen MR) is 75.6 cm³/mol. The maximum atomic E-state index is 11.0. The molecule has 19 heavy (non-hydrogen) atoms. The van der Waals surface area contributed by atoms with Gasteiger partial charge in [-0.2, -0.15) is 11.8 Å². The van der Waals surface area contributed by atoms with E-state index in [9.17, 15) is 9.59 Å². The van der Waals surface area contributed by atoms with Gasteiger partial charge in [-0.15, -0.1) is 0 Å². The number of carboxylic acids is 2. The first-order valence-electron chi connectivity index (χ1n) is 6.64. The average Bonchev–Trinajstić information content (AvgIpc) is 2.35. The van der Waals surface area contributed by atoms with Crippen LogP contribution in [0, 0.1) is 5.92 Å². The summed E-state index contributed by atoms with van der Waals surface area (Å²) in [6.07, 6.45) is 2.45. The Bertz CT molecular complexity index is 270. The van der Waals surface area contributed by atoms with Crippen LogP contribution in [0.25, 0.3) is 0 Å². The zero-order valence-electron chi connectivity index (χ0n) is 11.6. The molecule has 0 aromatic rings. The van der Waals surface area contributed by atoms with Crippen molar-refractivity contribution in [2.45, 2.75) is 45.6 Å². The maximum Gasteiger partial charge on any atom is 0.333 e. The van der Waals surface area contributed by atoms with Crippen molar-refractivity contribution < 1.29 is 24.5 Å². The molecule has 0 amide bonds. The SMILES string of the molecule is CCCCSCC(OCCCC(C)C(=O)O)C(=O)O. The standard InChI is InChI=1S/C13H24O5S/c1-3-4-8-19-9-11(13(16)17)18-7-5-6-10(2)12(14)15/h10-11H,3-9H2,1-2H3,(H,14,15)(H,16,17). The van der Waals surface area contributed by atoms with Crippen molar-refractivity contribution in [3.8, 4) is 0 Å². The summed E-state index contributed by atoms with van der Waals surface area (Å²) in [6.45, 7) is 4.02. The van der Waals surface area contributed by atoms with Crippen molar-refractivity contribution in [3.63, 3.8) is 0 Å². The van der Waals surface area contributed by atoms with Crippen LogP contribution in [0.1, 0.15) is 39.5 Å². The molecule has 112 valence electrons. The molecule has 0 rings (SSSR count). The molecule has 2 atom stereocenters. The number of carbonyl (C=O) groups is 2. The van der Waals surface area contributed by atoms with Gasteiger partial charge in [0.2, 0.25) is 0 Å². The quantitative estimate of drug-likeness (QED) is 0.538. The summed E-state index contributed by atoms with van der Waals surface area (Å²) in [5.41, 5.74) is 0. The molecule has 0 aliphatic carbocycles. The molecular weight excluding hydrogens is 268 g/mol. The number of unbranched alkanes of at least 4 members (excludes halogenated alkanes) is 1. The van der Waals surface area contributed by atoms with E-state index < -0.39 is 24.0 Å². The molecule has 0 saturated heterocycles. The van der Waals surface area contributed by atoms with Gasteiger partial charge in [0, 0.05) is 12.4 Å². The van der Waals surface area contributed by atoms with E-state index in [1.807, 2.05) is 0 Å². The lowest BCUT2D eigenvalue weighted by Crippen LogP contribution is -2.27. The van der Waals surface area contributed by atoms with Crippen LogP contribution in [0.2, 0.25) is 0 Å². The molecule has 2 N–H and O–H groups in total. The van der Waals surface area contributed by atoms with Gasteiger partial charge in [-0.05, 0) is 25.0 Å². The van der Waals surface area contributed by atoms with E-state index in [1.165, 1.54) is 0 Å². The van der Waals surface area contributed by atoms with E-state index in [2.05, 4.69) is 6.92 Å². The van der Waals surface area contributed by atoms with E-state index in [0.717, 1.165) is 18.6 Å². The zero-order chi connectivity index (χ0) is 14.7. The first-order valence-corrected chi connectivity index (χ1v) is 7.79. The number of thioether (sulfide) groups is 1. The van der Waals surface area contributed by atoms with Crippen molar-refractivity contribution in [3.05, 3.63) is 0 Å². The van der Waals surface area contributed by atoms with Crippen molar-refractivity contribution in [2.24, 2.45) is 5.92 Å². The minimum absolute atomic E-state index is 0.295.